The van der Waals surface area contributed by atoms with Crippen molar-refractivity contribution < 1.29 is 9.18 Å². The van der Waals surface area contributed by atoms with Crippen molar-refractivity contribution in [2.24, 2.45) is 5.73 Å². The fourth-order valence-corrected chi connectivity index (χ4v) is 2.54. The molecule has 0 radical (unpaired) electrons. The number of fused-ring (bicyclic) bond motifs is 1. The van der Waals surface area contributed by atoms with Gasteiger partial charge in [-0.25, -0.2) is 9.37 Å². The van der Waals surface area contributed by atoms with Gasteiger partial charge >= 0.3 is 0 Å². The summed E-state index contributed by atoms with van der Waals surface area (Å²) in [6.07, 6.45) is 0. The van der Waals surface area contributed by atoms with Crippen molar-refractivity contribution in [2.75, 3.05) is 5.32 Å². The van der Waals surface area contributed by atoms with Crippen molar-refractivity contribution in [2.45, 2.75) is 19.9 Å². The highest BCUT2D eigenvalue weighted by molar-refractivity contribution is 5.96. The van der Waals surface area contributed by atoms with Gasteiger partial charge < -0.3 is 11.1 Å². The van der Waals surface area contributed by atoms with Crippen molar-refractivity contribution in [1.29, 1.82) is 0 Å². The summed E-state index contributed by atoms with van der Waals surface area (Å²) in [6.45, 7) is 3.41. The Hall–Kier alpha value is -3.23. The zero-order valence-electron chi connectivity index (χ0n) is 14.5. The number of nitrogens with zero attached hydrogens (tertiary/aromatic N) is 1. The number of carbonyl (C=O) groups is 1. The molecule has 1 heterocycles. The molecule has 3 rings (SSSR count). The highest BCUT2D eigenvalue weighted by atomic mass is 19.1. The van der Waals surface area contributed by atoms with Gasteiger partial charge in [0.25, 0.3) is 0 Å². The van der Waals surface area contributed by atoms with Crippen molar-refractivity contribution in [3.05, 3.63) is 71.2 Å². The number of aromatic nitrogens is 1. The Balaban J connectivity index is 2.07. The number of nitrogens with one attached hydrogen (secondary N) is 1. The molecule has 1 amide bonds. The van der Waals surface area contributed by atoms with E-state index in [0.717, 1.165) is 16.3 Å². The Morgan fingerprint density at radius 3 is 2.69 bits per heavy atom. The van der Waals surface area contributed by atoms with Crippen LogP contribution in [0.25, 0.3) is 10.8 Å². The molecule has 0 aliphatic heterocycles. The molecule has 0 fully saturated rings. The van der Waals surface area contributed by atoms with E-state index >= 15 is 0 Å². The smallest absolute Gasteiger partial charge is 0.242 e. The number of rotatable bonds is 2. The lowest BCUT2D eigenvalue weighted by Crippen LogP contribution is -2.32. The van der Waals surface area contributed by atoms with E-state index in [0.29, 0.717) is 17.1 Å². The van der Waals surface area contributed by atoms with Crippen LogP contribution in [0.2, 0.25) is 0 Å². The van der Waals surface area contributed by atoms with Crippen LogP contribution in [0.5, 0.6) is 0 Å². The van der Waals surface area contributed by atoms with Crippen LogP contribution in [-0.4, -0.2) is 16.9 Å². The molecule has 3 N–H and O–H groups in total. The van der Waals surface area contributed by atoms with E-state index in [4.69, 9.17) is 5.73 Å². The van der Waals surface area contributed by atoms with Gasteiger partial charge in [-0.2, -0.15) is 0 Å². The number of hydrogen-bond donors (Lipinski definition) is 2. The van der Waals surface area contributed by atoms with Gasteiger partial charge in [0.2, 0.25) is 5.91 Å². The molecular formula is C21H18FN3O. The third-order valence-electron chi connectivity index (χ3n) is 3.77. The molecule has 1 aromatic heterocycles. The molecule has 0 saturated carbocycles. The molecule has 130 valence electrons. The topological polar surface area (TPSA) is 68.0 Å². The second kappa shape index (κ2) is 7.34. The number of amides is 1. The Bertz CT molecular complexity index is 1030. The van der Waals surface area contributed by atoms with Crippen LogP contribution in [0.15, 0.2) is 48.5 Å². The van der Waals surface area contributed by atoms with Crippen molar-refractivity contribution in [1.82, 2.24) is 4.98 Å². The normalized spacial score (nSPS) is 11.5. The molecule has 0 aliphatic rings. The van der Waals surface area contributed by atoms with Crippen LogP contribution >= 0.6 is 0 Å². The van der Waals surface area contributed by atoms with Gasteiger partial charge in [0.1, 0.15) is 17.3 Å². The van der Waals surface area contributed by atoms with E-state index in [2.05, 4.69) is 22.1 Å². The number of aryl methyl sites for hydroxylation is 1. The first-order chi connectivity index (χ1) is 12.4. The zero-order valence-corrected chi connectivity index (χ0v) is 14.5. The molecule has 0 spiro atoms. The Labute approximate surface area is 151 Å². The second-order valence-corrected chi connectivity index (χ2v) is 6.12. The van der Waals surface area contributed by atoms with E-state index in [1.807, 2.05) is 31.2 Å². The molecule has 1 atom stereocenters. The lowest BCUT2D eigenvalue weighted by molar-refractivity contribution is -0.117. The molecule has 3 aromatic rings. The van der Waals surface area contributed by atoms with Gasteiger partial charge in [-0.1, -0.05) is 30.2 Å². The zero-order chi connectivity index (χ0) is 18.7. The number of halogens is 1. The quantitative estimate of drug-likeness (QED) is 0.699. The average molecular weight is 347 g/mol. The first-order valence-electron chi connectivity index (χ1n) is 8.18. The van der Waals surface area contributed by atoms with Crippen LogP contribution < -0.4 is 11.1 Å². The maximum absolute atomic E-state index is 13.5. The SMILES string of the molecule is Cc1cc(F)cc(C#Cc2nc(NC(=O)C(C)N)cc3ccccc23)c1. The second-order valence-electron chi connectivity index (χ2n) is 6.12. The van der Waals surface area contributed by atoms with Crippen LogP contribution in [0.1, 0.15) is 23.7 Å². The third-order valence-corrected chi connectivity index (χ3v) is 3.77. The number of benzene rings is 2. The maximum atomic E-state index is 13.5. The molecule has 5 heteroatoms. The third kappa shape index (κ3) is 4.05. The fraction of sp³-hybridized carbons (Fsp3) is 0.143. The molecular weight excluding hydrogens is 329 g/mol. The molecule has 2 aromatic carbocycles. The highest BCUT2D eigenvalue weighted by Gasteiger charge is 2.10. The molecule has 4 nitrogen and oxygen atoms in total. The fourth-order valence-electron chi connectivity index (χ4n) is 2.54. The number of hydrogen-bond acceptors (Lipinski definition) is 3. The molecule has 1 unspecified atom stereocenters. The van der Waals surface area contributed by atoms with Crippen molar-refractivity contribution in [3.63, 3.8) is 0 Å². The van der Waals surface area contributed by atoms with Crippen LogP contribution in [0.3, 0.4) is 0 Å². The van der Waals surface area contributed by atoms with E-state index < -0.39 is 6.04 Å². The lowest BCUT2D eigenvalue weighted by Gasteiger charge is -2.09. The first kappa shape index (κ1) is 17.6. The molecule has 0 bridgehead atoms. The van der Waals surface area contributed by atoms with Gasteiger partial charge in [0.15, 0.2) is 0 Å². The number of anilines is 1. The summed E-state index contributed by atoms with van der Waals surface area (Å²) < 4.78 is 13.5. The number of nitrogens with two attached hydrogens (primary N) is 1. The summed E-state index contributed by atoms with van der Waals surface area (Å²) in [4.78, 5) is 16.3. The van der Waals surface area contributed by atoms with Gasteiger partial charge in [-0.15, -0.1) is 0 Å². The average Bonchev–Trinajstić information content (AvgIpc) is 2.58. The van der Waals surface area contributed by atoms with Crippen LogP contribution in [0.4, 0.5) is 10.2 Å². The van der Waals surface area contributed by atoms with Crippen molar-refractivity contribution >= 4 is 22.5 Å². The summed E-state index contributed by atoms with van der Waals surface area (Å²) in [5.74, 6) is 5.66. The van der Waals surface area contributed by atoms with Gasteiger partial charge in [-0.05, 0) is 55.0 Å². The number of carbonyl (C=O) groups excluding carboxylic acids is 1. The first-order valence-corrected chi connectivity index (χ1v) is 8.18. The largest absolute Gasteiger partial charge is 0.320 e. The monoisotopic (exact) mass is 347 g/mol. The molecule has 26 heavy (non-hydrogen) atoms. The predicted octanol–water partition coefficient (Wildman–Crippen LogP) is 3.37. The van der Waals surface area contributed by atoms with Crippen LogP contribution in [0, 0.1) is 24.6 Å². The summed E-state index contributed by atoms with van der Waals surface area (Å²) in [5, 5.41) is 4.43. The summed E-state index contributed by atoms with van der Waals surface area (Å²) in [5.41, 5.74) is 7.46. The van der Waals surface area contributed by atoms with E-state index in [-0.39, 0.29) is 11.7 Å². The van der Waals surface area contributed by atoms with E-state index in [1.54, 1.807) is 19.1 Å². The minimum absolute atomic E-state index is 0.326. The van der Waals surface area contributed by atoms with Crippen LogP contribution in [-0.2, 0) is 4.79 Å². The Morgan fingerprint density at radius 1 is 1.19 bits per heavy atom. The standard InChI is InChI=1S/C21H18FN3O/c1-13-9-15(11-17(22)10-13)7-8-19-18-6-4-3-5-16(18)12-20(24-19)25-21(26)14(2)23/h3-6,9-12,14H,23H2,1-2H3,(H,24,25,26). The minimum atomic E-state index is -0.645. The highest BCUT2D eigenvalue weighted by Crippen LogP contribution is 2.20. The number of pyridine rings is 1. The van der Waals surface area contributed by atoms with Gasteiger partial charge in [0.05, 0.1) is 6.04 Å². The molecule has 0 aliphatic carbocycles. The summed E-state index contributed by atoms with van der Waals surface area (Å²) >= 11 is 0. The minimum Gasteiger partial charge on any atom is -0.320 e. The van der Waals surface area contributed by atoms with E-state index in [1.165, 1.54) is 12.1 Å². The summed E-state index contributed by atoms with van der Waals surface area (Å²) in [7, 11) is 0. The van der Waals surface area contributed by atoms with Gasteiger partial charge in [-0.3, -0.25) is 4.79 Å². The predicted molar refractivity (Wildman–Crippen MR) is 101 cm³/mol. The van der Waals surface area contributed by atoms with E-state index in [9.17, 15) is 9.18 Å². The molecule has 0 saturated heterocycles. The maximum Gasteiger partial charge on any atom is 0.242 e. The Kier molecular flexibility index (Phi) is 4.97. The Morgan fingerprint density at radius 2 is 1.96 bits per heavy atom. The van der Waals surface area contributed by atoms with Gasteiger partial charge in [0, 0.05) is 10.9 Å². The summed E-state index contributed by atoms with van der Waals surface area (Å²) in [6, 6.07) is 13.4. The lowest BCUT2D eigenvalue weighted by atomic mass is 10.1. The van der Waals surface area contributed by atoms with Crippen molar-refractivity contribution in [3.8, 4) is 11.8 Å².